The summed E-state index contributed by atoms with van der Waals surface area (Å²) >= 11 is 13.2. The first-order chi connectivity index (χ1) is 14.4. The zero-order valence-electron chi connectivity index (χ0n) is 15.0. The Morgan fingerprint density at radius 2 is 1.90 bits per heavy atom. The summed E-state index contributed by atoms with van der Waals surface area (Å²) in [6, 6.07) is 12.9. The number of nitrogens with zero attached hydrogens (tertiary/aromatic N) is 2. The zero-order chi connectivity index (χ0) is 21.3. The van der Waals surface area contributed by atoms with Crippen LogP contribution in [0.1, 0.15) is 5.76 Å². The number of rotatable bonds is 5. The molecule has 0 unspecified atom stereocenters. The maximum absolute atomic E-state index is 12.2. The number of hydrogen-bond acceptors (Lipinski definition) is 6. The van der Waals surface area contributed by atoms with Gasteiger partial charge in [-0.25, -0.2) is 4.98 Å². The van der Waals surface area contributed by atoms with Gasteiger partial charge in [0.1, 0.15) is 11.5 Å². The molecule has 0 bridgehead atoms. The molecule has 2 aromatic heterocycles. The number of non-ortho nitro benzene ring substituents is 1. The van der Waals surface area contributed by atoms with E-state index in [1.807, 2.05) is 0 Å². The Kier molecular flexibility index (Phi) is 5.54. The van der Waals surface area contributed by atoms with E-state index >= 15 is 0 Å². The van der Waals surface area contributed by atoms with E-state index in [0.29, 0.717) is 36.9 Å². The van der Waals surface area contributed by atoms with Crippen LogP contribution in [-0.2, 0) is 4.79 Å². The van der Waals surface area contributed by atoms with Crippen molar-refractivity contribution in [2.24, 2.45) is 0 Å². The SMILES string of the molecule is O=C(/C=C/c1ccc(-c2cc(Cl)cc(Cl)c2)o1)Nc1nc2ccc([N+](=O)[O-])cc2s1. The largest absolute Gasteiger partial charge is 0.457 e. The van der Waals surface area contributed by atoms with E-state index in [0.717, 1.165) is 16.9 Å². The third-order valence-electron chi connectivity index (χ3n) is 3.99. The third kappa shape index (κ3) is 4.51. The van der Waals surface area contributed by atoms with E-state index in [1.165, 1.54) is 24.3 Å². The van der Waals surface area contributed by atoms with Gasteiger partial charge in [-0.3, -0.25) is 20.2 Å². The van der Waals surface area contributed by atoms with E-state index in [1.54, 1.807) is 36.4 Å². The summed E-state index contributed by atoms with van der Waals surface area (Å²) in [5, 5.41) is 14.8. The van der Waals surface area contributed by atoms with Crippen molar-refractivity contribution in [3.05, 3.63) is 80.5 Å². The smallest absolute Gasteiger partial charge is 0.270 e. The van der Waals surface area contributed by atoms with Crippen LogP contribution in [0.5, 0.6) is 0 Å². The molecule has 4 aromatic rings. The number of amides is 1. The van der Waals surface area contributed by atoms with Gasteiger partial charge in [0.2, 0.25) is 5.91 Å². The Hall–Kier alpha value is -3.20. The third-order valence-corrected chi connectivity index (χ3v) is 5.36. The van der Waals surface area contributed by atoms with Gasteiger partial charge in [0.25, 0.3) is 5.69 Å². The Labute approximate surface area is 183 Å². The van der Waals surface area contributed by atoms with Gasteiger partial charge in [-0.05, 0) is 42.5 Å². The Morgan fingerprint density at radius 3 is 2.63 bits per heavy atom. The van der Waals surface area contributed by atoms with Crippen molar-refractivity contribution >= 4 is 67.6 Å². The van der Waals surface area contributed by atoms with E-state index in [-0.39, 0.29) is 5.69 Å². The Balaban J connectivity index is 1.46. The quantitative estimate of drug-likeness (QED) is 0.210. The highest BCUT2D eigenvalue weighted by Crippen LogP contribution is 2.30. The van der Waals surface area contributed by atoms with E-state index in [4.69, 9.17) is 27.6 Å². The van der Waals surface area contributed by atoms with Crippen LogP contribution >= 0.6 is 34.5 Å². The van der Waals surface area contributed by atoms with Gasteiger partial charge >= 0.3 is 0 Å². The molecular formula is C20H11Cl2N3O4S. The van der Waals surface area contributed by atoms with Gasteiger partial charge in [0.15, 0.2) is 5.13 Å². The molecule has 1 N–H and O–H groups in total. The van der Waals surface area contributed by atoms with E-state index < -0.39 is 10.8 Å². The first-order valence-electron chi connectivity index (χ1n) is 8.48. The number of anilines is 1. The summed E-state index contributed by atoms with van der Waals surface area (Å²) in [6.07, 6.45) is 2.82. The lowest BCUT2D eigenvalue weighted by molar-refractivity contribution is -0.384. The first-order valence-corrected chi connectivity index (χ1v) is 10.0. The lowest BCUT2D eigenvalue weighted by Gasteiger charge is -1.99. The average Bonchev–Trinajstić information content (AvgIpc) is 3.31. The molecule has 1 amide bonds. The number of carbonyl (C=O) groups excluding carboxylic acids is 1. The summed E-state index contributed by atoms with van der Waals surface area (Å²) in [7, 11) is 0. The fourth-order valence-electron chi connectivity index (χ4n) is 2.68. The minimum absolute atomic E-state index is 0.0291. The van der Waals surface area contributed by atoms with Gasteiger partial charge in [-0.1, -0.05) is 34.5 Å². The number of nitro benzene ring substituents is 1. The zero-order valence-corrected chi connectivity index (χ0v) is 17.3. The molecule has 0 atom stereocenters. The number of hydrogen-bond donors (Lipinski definition) is 1. The monoisotopic (exact) mass is 459 g/mol. The summed E-state index contributed by atoms with van der Waals surface area (Å²) in [5.74, 6) is 0.621. The van der Waals surface area contributed by atoms with Crippen LogP contribution in [0.25, 0.3) is 27.6 Å². The van der Waals surface area contributed by atoms with Crippen LogP contribution in [0.15, 0.2) is 59.0 Å². The maximum atomic E-state index is 12.2. The molecule has 0 saturated heterocycles. The summed E-state index contributed by atoms with van der Waals surface area (Å²) in [5.41, 5.74) is 1.26. The normalized spacial score (nSPS) is 11.3. The molecule has 7 nitrogen and oxygen atoms in total. The predicted octanol–water partition coefficient (Wildman–Crippen LogP) is 6.42. The fraction of sp³-hybridized carbons (Fsp3) is 0. The molecule has 2 heterocycles. The molecule has 0 aliphatic carbocycles. The highest BCUT2D eigenvalue weighted by Gasteiger charge is 2.11. The van der Waals surface area contributed by atoms with Gasteiger partial charge < -0.3 is 4.42 Å². The number of aromatic nitrogens is 1. The van der Waals surface area contributed by atoms with Gasteiger partial charge in [-0.15, -0.1) is 0 Å². The molecule has 2 aromatic carbocycles. The van der Waals surface area contributed by atoms with E-state index in [9.17, 15) is 14.9 Å². The van der Waals surface area contributed by atoms with Crippen LogP contribution in [0.3, 0.4) is 0 Å². The van der Waals surface area contributed by atoms with E-state index in [2.05, 4.69) is 10.3 Å². The predicted molar refractivity (Wildman–Crippen MR) is 118 cm³/mol. The molecule has 0 aliphatic rings. The molecule has 150 valence electrons. The summed E-state index contributed by atoms with van der Waals surface area (Å²) < 4.78 is 6.31. The van der Waals surface area contributed by atoms with Crippen LogP contribution in [-0.4, -0.2) is 15.8 Å². The number of furan rings is 1. The number of fused-ring (bicyclic) bond motifs is 1. The second-order valence-corrected chi connectivity index (χ2v) is 8.01. The topological polar surface area (TPSA) is 98.3 Å². The second kappa shape index (κ2) is 8.27. The fourth-order valence-corrected chi connectivity index (χ4v) is 4.11. The number of thiazole rings is 1. The average molecular weight is 460 g/mol. The lowest BCUT2D eigenvalue weighted by atomic mass is 10.2. The van der Waals surface area contributed by atoms with Gasteiger partial charge in [0.05, 0.1) is 15.1 Å². The highest BCUT2D eigenvalue weighted by atomic mass is 35.5. The Morgan fingerprint density at radius 1 is 1.13 bits per heavy atom. The molecule has 0 aliphatic heterocycles. The van der Waals surface area contributed by atoms with Crippen molar-refractivity contribution in [1.82, 2.24) is 4.98 Å². The standard InChI is InChI=1S/C20H11Cl2N3O4S/c21-12-7-11(8-13(22)9-12)17-5-2-15(29-17)3-6-19(26)24-20-23-16-4-1-14(25(27)28)10-18(16)30-20/h1-10H,(H,23,24,26)/b6-3+. The molecule has 0 saturated carbocycles. The molecule has 0 fully saturated rings. The molecule has 4 rings (SSSR count). The number of halogens is 2. The Bertz CT molecular complexity index is 1290. The van der Waals surface area contributed by atoms with Crippen LogP contribution in [0.4, 0.5) is 10.8 Å². The van der Waals surface area contributed by atoms with Crippen molar-refractivity contribution in [1.29, 1.82) is 0 Å². The van der Waals surface area contributed by atoms with Crippen LogP contribution in [0.2, 0.25) is 10.0 Å². The number of benzene rings is 2. The number of nitrogens with one attached hydrogen (secondary N) is 1. The maximum Gasteiger partial charge on any atom is 0.270 e. The molecule has 0 spiro atoms. The second-order valence-electron chi connectivity index (χ2n) is 6.11. The van der Waals surface area contributed by atoms with Crippen LogP contribution < -0.4 is 5.32 Å². The number of carbonyl (C=O) groups is 1. The molecule has 10 heteroatoms. The van der Waals surface area contributed by atoms with Gasteiger partial charge in [-0.2, -0.15) is 0 Å². The minimum atomic E-state index is -0.477. The summed E-state index contributed by atoms with van der Waals surface area (Å²) in [4.78, 5) is 26.8. The lowest BCUT2D eigenvalue weighted by Crippen LogP contribution is -2.07. The molecular weight excluding hydrogens is 449 g/mol. The summed E-state index contributed by atoms with van der Waals surface area (Å²) in [6.45, 7) is 0. The number of nitro groups is 1. The van der Waals surface area contributed by atoms with Crippen molar-refractivity contribution in [2.45, 2.75) is 0 Å². The molecule has 30 heavy (non-hydrogen) atoms. The first kappa shape index (κ1) is 20.1. The van der Waals surface area contributed by atoms with Crippen molar-refractivity contribution < 1.29 is 14.1 Å². The highest BCUT2D eigenvalue weighted by molar-refractivity contribution is 7.22. The van der Waals surface area contributed by atoms with Crippen molar-refractivity contribution in [3.63, 3.8) is 0 Å². The molecule has 0 radical (unpaired) electrons. The van der Waals surface area contributed by atoms with Gasteiger partial charge in [0, 0.05) is 33.8 Å². The van der Waals surface area contributed by atoms with Crippen molar-refractivity contribution in [2.75, 3.05) is 5.32 Å². The minimum Gasteiger partial charge on any atom is -0.457 e. The van der Waals surface area contributed by atoms with Crippen LogP contribution in [0, 0.1) is 10.1 Å². The van der Waals surface area contributed by atoms with Crippen molar-refractivity contribution in [3.8, 4) is 11.3 Å².